The average Bonchev–Trinajstić information content (AvgIpc) is 2.58. The van der Waals surface area contributed by atoms with E-state index in [1.807, 2.05) is 0 Å². The van der Waals surface area contributed by atoms with Gasteiger partial charge in [-0.3, -0.25) is 4.79 Å². The maximum Gasteiger partial charge on any atom is 0.170 e. The van der Waals surface area contributed by atoms with E-state index < -0.39 is 17.6 Å². The highest BCUT2D eigenvalue weighted by Crippen LogP contribution is 2.70. The zero-order chi connectivity index (χ0) is 16.8. The Morgan fingerprint density at radius 3 is 2.48 bits per heavy atom. The molecule has 0 saturated heterocycles. The van der Waals surface area contributed by atoms with Crippen LogP contribution in [0, 0.1) is 34.0 Å². The molecule has 4 aliphatic rings. The number of carbonyl (C=O) groups excluding carboxylic acids is 1. The van der Waals surface area contributed by atoms with E-state index in [-0.39, 0.29) is 28.4 Å². The van der Waals surface area contributed by atoms with Crippen molar-refractivity contribution in [1.29, 1.82) is 0 Å². The van der Waals surface area contributed by atoms with E-state index in [0.29, 0.717) is 17.9 Å². The molecule has 4 saturated carbocycles. The van der Waals surface area contributed by atoms with Gasteiger partial charge in [-0.15, -0.1) is 0 Å². The number of hydrogen-bond acceptors (Lipinski definition) is 3. The standard InChI is InChI=1S/C20H30O3/c1-11-12-6-7-13-19(4)9-5-8-18(2,3)14(19)10-15(21)20(13,16(11)22)17(12)23/h12-15,17,21,23H,1,5-10H2,2-4H3/t12-,13-,14+,15+,17-,19-,20-/m0/s1. The summed E-state index contributed by atoms with van der Waals surface area (Å²) in [5.74, 6) is 0.333. The van der Waals surface area contributed by atoms with Gasteiger partial charge in [0.2, 0.25) is 0 Å². The van der Waals surface area contributed by atoms with Gasteiger partial charge < -0.3 is 10.2 Å². The molecule has 4 fully saturated rings. The molecule has 3 heteroatoms. The molecule has 0 aromatic rings. The van der Waals surface area contributed by atoms with Crippen molar-refractivity contribution in [2.75, 3.05) is 0 Å². The van der Waals surface area contributed by atoms with E-state index in [1.165, 1.54) is 12.8 Å². The van der Waals surface area contributed by atoms with Gasteiger partial charge in [-0.05, 0) is 60.3 Å². The summed E-state index contributed by atoms with van der Waals surface area (Å²) < 4.78 is 0. The fraction of sp³-hybridized carbons (Fsp3) is 0.850. The molecular formula is C20H30O3. The Balaban J connectivity index is 1.88. The van der Waals surface area contributed by atoms with Crippen LogP contribution in [-0.4, -0.2) is 28.2 Å². The van der Waals surface area contributed by atoms with E-state index in [4.69, 9.17) is 0 Å². The van der Waals surface area contributed by atoms with Crippen molar-refractivity contribution >= 4 is 5.78 Å². The van der Waals surface area contributed by atoms with Crippen LogP contribution in [-0.2, 0) is 4.79 Å². The molecule has 4 rings (SSSR count). The molecule has 3 nitrogen and oxygen atoms in total. The van der Waals surface area contributed by atoms with Crippen molar-refractivity contribution < 1.29 is 15.0 Å². The van der Waals surface area contributed by atoms with Gasteiger partial charge in [-0.2, -0.15) is 0 Å². The van der Waals surface area contributed by atoms with Gasteiger partial charge in [-0.1, -0.05) is 33.8 Å². The van der Waals surface area contributed by atoms with Gasteiger partial charge >= 0.3 is 0 Å². The number of ketones is 1. The number of hydrogen-bond donors (Lipinski definition) is 2. The highest BCUT2D eigenvalue weighted by Gasteiger charge is 2.73. The molecule has 0 unspecified atom stereocenters. The van der Waals surface area contributed by atoms with Crippen LogP contribution in [0.1, 0.15) is 59.3 Å². The largest absolute Gasteiger partial charge is 0.392 e. The first-order chi connectivity index (χ1) is 10.7. The first kappa shape index (κ1) is 15.8. The normalized spacial score (nSPS) is 54.6. The van der Waals surface area contributed by atoms with Gasteiger partial charge in [-0.25, -0.2) is 0 Å². The highest BCUT2D eigenvalue weighted by atomic mass is 16.3. The average molecular weight is 318 g/mol. The Morgan fingerprint density at radius 1 is 1.09 bits per heavy atom. The van der Waals surface area contributed by atoms with Crippen molar-refractivity contribution in [3.05, 3.63) is 12.2 Å². The molecule has 128 valence electrons. The predicted molar refractivity (Wildman–Crippen MR) is 88.7 cm³/mol. The second kappa shape index (κ2) is 4.49. The quantitative estimate of drug-likeness (QED) is 0.675. The molecule has 4 aliphatic carbocycles. The minimum atomic E-state index is -0.974. The summed E-state index contributed by atoms with van der Waals surface area (Å²) in [6.45, 7) is 10.9. The molecule has 0 aromatic carbocycles. The zero-order valence-corrected chi connectivity index (χ0v) is 14.6. The summed E-state index contributed by atoms with van der Waals surface area (Å²) in [4.78, 5) is 13.1. The predicted octanol–water partition coefficient (Wildman–Crippen LogP) is 3.10. The van der Waals surface area contributed by atoms with Gasteiger partial charge in [0.25, 0.3) is 0 Å². The van der Waals surface area contributed by atoms with Gasteiger partial charge in [0, 0.05) is 5.92 Å². The molecule has 7 atom stereocenters. The first-order valence-electron chi connectivity index (χ1n) is 9.27. The topological polar surface area (TPSA) is 57.5 Å². The van der Waals surface area contributed by atoms with Crippen LogP contribution in [0.5, 0.6) is 0 Å². The number of aliphatic hydroxyl groups excluding tert-OH is 2. The van der Waals surface area contributed by atoms with Crippen LogP contribution in [0.25, 0.3) is 0 Å². The summed E-state index contributed by atoms with van der Waals surface area (Å²) in [5.41, 5.74) is -0.182. The monoisotopic (exact) mass is 318 g/mol. The summed E-state index contributed by atoms with van der Waals surface area (Å²) in [5, 5.41) is 22.1. The van der Waals surface area contributed by atoms with Crippen LogP contribution in [0.4, 0.5) is 0 Å². The van der Waals surface area contributed by atoms with E-state index in [9.17, 15) is 15.0 Å². The van der Waals surface area contributed by atoms with Crippen molar-refractivity contribution in [1.82, 2.24) is 0 Å². The minimum absolute atomic E-state index is 0.0342. The Labute approximate surface area is 139 Å². The van der Waals surface area contributed by atoms with Crippen LogP contribution in [0.15, 0.2) is 12.2 Å². The van der Waals surface area contributed by atoms with E-state index in [2.05, 4.69) is 27.4 Å². The summed E-state index contributed by atoms with van der Waals surface area (Å²) >= 11 is 0. The summed E-state index contributed by atoms with van der Waals surface area (Å²) in [7, 11) is 0. The second-order valence-electron chi connectivity index (χ2n) is 9.62. The Morgan fingerprint density at radius 2 is 1.78 bits per heavy atom. The number of aliphatic hydroxyl groups is 2. The third kappa shape index (κ3) is 1.61. The Kier molecular flexibility index (Phi) is 3.09. The molecule has 0 radical (unpaired) electrons. The Hall–Kier alpha value is -0.670. The van der Waals surface area contributed by atoms with Gasteiger partial charge in [0.1, 0.15) is 0 Å². The van der Waals surface area contributed by atoms with Crippen molar-refractivity contribution in [2.45, 2.75) is 71.5 Å². The molecule has 2 bridgehead atoms. The molecule has 0 aliphatic heterocycles. The van der Waals surface area contributed by atoms with Gasteiger partial charge in [0.05, 0.1) is 17.6 Å². The molecular weight excluding hydrogens is 288 g/mol. The van der Waals surface area contributed by atoms with Crippen molar-refractivity contribution in [3.8, 4) is 0 Å². The van der Waals surface area contributed by atoms with E-state index >= 15 is 0 Å². The Bertz CT molecular complexity index is 579. The second-order valence-corrected chi connectivity index (χ2v) is 9.62. The summed E-state index contributed by atoms with van der Waals surface area (Å²) in [6, 6.07) is 0. The molecule has 23 heavy (non-hydrogen) atoms. The SMILES string of the molecule is C=C1C(=O)[C@@]23[C@H](O)C[C@@H]4C(C)(C)CCC[C@@]4(C)[C@@H]2CC[C@@H]1[C@@H]3O. The molecule has 0 aromatic heterocycles. The molecule has 0 heterocycles. The smallest absolute Gasteiger partial charge is 0.170 e. The van der Waals surface area contributed by atoms with Crippen LogP contribution in [0.3, 0.4) is 0 Å². The van der Waals surface area contributed by atoms with Crippen LogP contribution in [0.2, 0.25) is 0 Å². The lowest BCUT2D eigenvalue weighted by Gasteiger charge is -2.65. The lowest BCUT2D eigenvalue weighted by molar-refractivity contribution is -0.225. The third-order valence-corrected chi connectivity index (χ3v) is 8.43. The molecule has 1 spiro atoms. The zero-order valence-electron chi connectivity index (χ0n) is 14.6. The highest BCUT2D eigenvalue weighted by molar-refractivity contribution is 6.04. The number of rotatable bonds is 0. The third-order valence-electron chi connectivity index (χ3n) is 8.43. The number of carbonyl (C=O) groups is 1. The van der Waals surface area contributed by atoms with Gasteiger partial charge in [0.15, 0.2) is 5.78 Å². The van der Waals surface area contributed by atoms with Crippen LogP contribution < -0.4 is 0 Å². The number of Topliss-reactive ketones (excluding diaryl/α,β-unsaturated/α-hetero) is 1. The lowest BCUT2D eigenvalue weighted by atomic mass is 9.40. The number of fused-ring (bicyclic) bond motifs is 3. The van der Waals surface area contributed by atoms with Crippen molar-refractivity contribution in [2.24, 2.45) is 34.0 Å². The minimum Gasteiger partial charge on any atom is -0.392 e. The maximum absolute atomic E-state index is 13.1. The van der Waals surface area contributed by atoms with Crippen LogP contribution >= 0.6 is 0 Å². The molecule has 2 N–H and O–H groups in total. The first-order valence-corrected chi connectivity index (χ1v) is 9.27. The van der Waals surface area contributed by atoms with E-state index in [1.54, 1.807) is 0 Å². The fourth-order valence-corrected chi connectivity index (χ4v) is 7.43. The maximum atomic E-state index is 13.1. The molecule has 0 amide bonds. The van der Waals surface area contributed by atoms with E-state index in [0.717, 1.165) is 19.3 Å². The van der Waals surface area contributed by atoms with Crippen molar-refractivity contribution in [3.63, 3.8) is 0 Å². The summed E-state index contributed by atoms with van der Waals surface area (Å²) in [6.07, 6.45) is 4.43. The lowest BCUT2D eigenvalue weighted by Crippen LogP contribution is -2.66. The fourth-order valence-electron chi connectivity index (χ4n) is 7.43.